The lowest BCUT2D eigenvalue weighted by Gasteiger charge is -1.99. The lowest BCUT2D eigenvalue weighted by atomic mass is 10.2. The summed E-state index contributed by atoms with van der Waals surface area (Å²) in [6.45, 7) is 4.41. The highest BCUT2D eigenvalue weighted by molar-refractivity contribution is 4.85. The highest BCUT2D eigenvalue weighted by atomic mass is 19.1. The van der Waals surface area contributed by atoms with Gasteiger partial charge in [-0.1, -0.05) is 13.5 Å². The van der Waals surface area contributed by atoms with Crippen LogP contribution >= 0.6 is 0 Å². The molecule has 0 heterocycles. The number of rotatable bonds is 2. The second-order valence-electron chi connectivity index (χ2n) is 1.53. The molecule has 1 N–H and O–H groups in total. The molecule has 0 aliphatic rings. The van der Waals surface area contributed by atoms with Crippen LogP contribution in [0.4, 0.5) is 4.39 Å². The summed E-state index contributed by atoms with van der Waals surface area (Å²) in [6.07, 6.45) is 0. The molecule has 0 saturated carbocycles. The van der Waals surface area contributed by atoms with Gasteiger partial charge in [0.2, 0.25) is 0 Å². The predicted octanol–water partition coefficient (Wildman–Crippen LogP) is 1.10. The van der Waals surface area contributed by atoms with Gasteiger partial charge in [-0.25, -0.2) is 4.39 Å². The molecule has 0 aliphatic heterocycles. The Morgan fingerprint density at radius 3 is 2.43 bits per heavy atom. The van der Waals surface area contributed by atoms with Gasteiger partial charge in [0.05, 0.1) is 12.4 Å². The average Bonchev–Trinajstić information content (AvgIpc) is 1.65. The van der Waals surface area contributed by atoms with Crippen molar-refractivity contribution < 1.29 is 9.50 Å². The van der Waals surface area contributed by atoms with E-state index in [0.717, 1.165) is 0 Å². The largest absolute Gasteiger partial charge is 0.396 e. The van der Waals surface area contributed by atoms with Crippen molar-refractivity contribution in [3.05, 3.63) is 12.4 Å². The predicted molar refractivity (Wildman–Crippen MR) is 26.5 cm³/mol. The number of aliphatic hydroxyl groups excluding tert-OH is 1. The summed E-state index contributed by atoms with van der Waals surface area (Å²) in [6, 6.07) is 0. The van der Waals surface area contributed by atoms with Gasteiger partial charge in [-0.2, -0.15) is 0 Å². The molecule has 7 heavy (non-hydrogen) atoms. The monoisotopic (exact) mass is 104 g/mol. The zero-order valence-corrected chi connectivity index (χ0v) is 4.32. The third-order valence-electron chi connectivity index (χ3n) is 0.809. The number of hydrogen-bond acceptors (Lipinski definition) is 1. The molecule has 0 radical (unpaired) electrons. The Hall–Kier alpha value is -0.370. The van der Waals surface area contributed by atoms with E-state index in [1.54, 1.807) is 6.92 Å². The van der Waals surface area contributed by atoms with Crippen LogP contribution in [0.3, 0.4) is 0 Å². The maximum absolute atomic E-state index is 11.7. The maximum Gasteiger partial charge on any atom is 0.0979 e. The van der Waals surface area contributed by atoms with Gasteiger partial charge in [-0.3, -0.25) is 0 Å². The minimum absolute atomic E-state index is 0.157. The Balaban J connectivity index is 3.34. The van der Waals surface area contributed by atoms with Crippen LogP contribution < -0.4 is 0 Å². The molecule has 0 rings (SSSR count). The Labute approximate surface area is 42.5 Å². The fourth-order valence-electron chi connectivity index (χ4n) is 0.0991. The molecular formula is C5H9FO. The van der Waals surface area contributed by atoms with E-state index < -0.39 is 11.7 Å². The number of hydrogen-bond donors (Lipinski definition) is 1. The van der Waals surface area contributed by atoms with Gasteiger partial charge in [0, 0.05) is 5.92 Å². The quantitative estimate of drug-likeness (QED) is 0.556. The van der Waals surface area contributed by atoms with E-state index in [-0.39, 0.29) is 6.61 Å². The van der Waals surface area contributed by atoms with E-state index in [0.29, 0.717) is 0 Å². The minimum Gasteiger partial charge on any atom is -0.396 e. The van der Waals surface area contributed by atoms with Crippen molar-refractivity contribution >= 4 is 0 Å². The van der Waals surface area contributed by atoms with E-state index >= 15 is 0 Å². The molecule has 0 bridgehead atoms. The van der Waals surface area contributed by atoms with Crippen molar-refractivity contribution in [1.29, 1.82) is 0 Å². The first-order valence-electron chi connectivity index (χ1n) is 2.13. The van der Waals surface area contributed by atoms with Crippen LogP contribution in [0.15, 0.2) is 12.4 Å². The van der Waals surface area contributed by atoms with Gasteiger partial charge in [-0.15, -0.1) is 0 Å². The summed E-state index contributed by atoms with van der Waals surface area (Å²) in [5.41, 5.74) is 0. The highest BCUT2D eigenvalue weighted by Gasteiger charge is 2.00. The van der Waals surface area contributed by atoms with Crippen molar-refractivity contribution in [2.45, 2.75) is 6.92 Å². The van der Waals surface area contributed by atoms with Crippen LogP contribution in [0.25, 0.3) is 0 Å². The molecule has 0 aromatic carbocycles. The van der Waals surface area contributed by atoms with Crippen molar-refractivity contribution in [2.75, 3.05) is 6.61 Å². The molecule has 0 aliphatic carbocycles. The zero-order chi connectivity index (χ0) is 5.86. The highest BCUT2D eigenvalue weighted by Crippen LogP contribution is 2.05. The summed E-state index contributed by atoms with van der Waals surface area (Å²) >= 11 is 0. The van der Waals surface area contributed by atoms with E-state index in [4.69, 9.17) is 5.11 Å². The lowest BCUT2D eigenvalue weighted by molar-refractivity contribution is 0.240. The molecule has 0 saturated heterocycles. The Morgan fingerprint density at radius 2 is 2.43 bits per heavy atom. The third-order valence-corrected chi connectivity index (χ3v) is 0.809. The molecule has 0 aromatic heterocycles. The second-order valence-corrected chi connectivity index (χ2v) is 1.53. The molecule has 1 unspecified atom stereocenters. The average molecular weight is 104 g/mol. The van der Waals surface area contributed by atoms with E-state index in [1.165, 1.54) is 0 Å². The molecule has 2 heteroatoms. The van der Waals surface area contributed by atoms with Crippen molar-refractivity contribution in [3.8, 4) is 0 Å². The van der Waals surface area contributed by atoms with E-state index in [9.17, 15) is 4.39 Å². The van der Waals surface area contributed by atoms with Gasteiger partial charge in [0.1, 0.15) is 0 Å². The van der Waals surface area contributed by atoms with E-state index in [1.807, 2.05) is 0 Å². The third kappa shape index (κ3) is 2.34. The second kappa shape index (κ2) is 2.75. The lowest BCUT2D eigenvalue weighted by Crippen LogP contribution is -1.98. The Kier molecular flexibility index (Phi) is 2.60. The molecule has 1 nitrogen and oxygen atoms in total. The molecule has 0 aromatic rings. The van der Waals surface area contributed by atoms with Crippen molar-refractivity contribution in [2.24, 2.45) is 5.92 Å². The standard InChI is InChI=1S/C5H9FO/c1-4(3-7)5(2)6/h4,7H,2-3H2,1H3. The summed E-state index contributed by atoms with van der Waals surface area (Å²) in [4.78, 5) is 0. The topological polar surface area (TPSA) is 20.2 Å². The van der Waals surface area contributed by atoms with Crippen molar-refractivity contribution in [3.63, 3.8) is 0 Å². The summed E-state index contributed by atoms with van der Waals surface area (Å²) in [7, 11) is 0. The van der Waals surface area contributed by atoms with Crippen molar-refractivity contribution in [1.82, 2.24) is 0 Å². The van der Waals surface area contributed by atoms with Gasteiger partial charge >= 0.3 is 0 Å². The van der Waals surface area contributed by atoms with Crippen LogP contribution in [-0.4, -0.2) is 11.7 Å². The van der Waals surface area contributed by atoms with Gasteiger partial charge in [-0.05, 0) is 0 Å². The molecule has 0 amide bonds. The number of halogens is 1. The van der Waals surface area contributed by atoms with Crippen LogP contribution in [0.1, 0.15) is 6.92 Å². The Bertz CT molecular complexity index is 70.5. The fourth-order valence-corrected chi connectivity index (χ4v) is 0.0991. The van der Waals surface area contributed by atoms with Gasteiger partial charge in [0.25, 0.3) is 0 Å². The molecular weight excluding hydrogens is 95.1 g/mol. The first-order valence-corrected chi connectivity index (χ1v) is 2.13. The van der Waals surface area contributed by atoms with E-state index in [2.05, 4.69) is 6.58 Å². The first kappa shape index (κ1) is 6.63. The fraction of sp³-hybridized carbons (Fsp3) is 0.600. The van der Waals surface area contributed by atoms with Crippen LogP contribution in [-0.2, 0) is 0 Å². The molecule has 42 valence electrons. The van der Waals surface area contributed by atoms with Crippen LogP contribution in [0.5, 0.6) is 0 Å². The minimum atomic E-state index is -0.456. The molecule has 1 atom stereocenters. The molecule has 0 fully saturated rings. The normalized spacial score (nSPS) is 13.6. The Morgan fingerprint density at radius 1 is 2.00 bits per heavy atom. The van der Waals surface area contributed by atoms with Gasteiger partial charge in [0.15, 0.2) is 0 Å². The van der Waals surface area contributed by atoms with Gasteiger partial charge < -0.3 is 5.11 Å². The number of aliphatic hydroxyl groups is 1. The molecule has 0 spiro atoms. The SMILES string of the molecule is C=C(F)C(C)CO. The maximum atomic E-state index is 11.7. The van der Waals surface area contributed by atoms with Crippen LogP contribution in [0.2, 0.25) is 0 Å². The summed E-state index contributed by atoms with van der Waals surface area (Å²) in [5, 5.41) is 8.20. The first-order chi connectivity index (χ1) is 3.18. The summed E-state index contributed by atoms with van der Waals surface area (Å²) in [5.74, 6) is -0.859. The zero-order valence-electron chi connectivity index (χ0n) is 4.32. The van der Waals surface area contributed by atoms with Crippen LogP contribution in [0, 0.1) is 5.92 Å². The smallest absolute Gasteiger partial charge is 0.0979 e. The summed E-state index contributed by atoms with van der Waals surface area (Å²) < 4.78 is 11.7.